The van der Waals surface area contributed by atoms with Gasteiger partial charge in [0, 0.05) is 11.7 Å². The van der Waals surface area contributed by atoms with Crippen LogP contribution in [0, 0.1) is 0 Å². The predicted octanol–water partition coefficient (Wildman–Crippen LogP) is 1.98. The average Bonchev–Trinajstić information content (AvgIpc) is 2.21. The second-order valence-electron chi connectivity index (χ2n) is 3.75. The minimum Gasteiger partial charge on any atom is -0.506 e. The summed E-state index contributed by atoms with van der Waals surface area (Å²) in [5, 5.41) is 15.1. The van der Waals surface area contributed by atoms with Crippen LogP contribution in [-0.4, -0.2) is 23.6 Å². The van der Waals surface area contributed by atoms with Crippen molar-refractivity contribution in [1.82, 2.24) is 5.32 Å². The number of carbonyl (C=O) groups excluding carboxylic acids is 1. The molecule has 16 heavy (non-hydrogen) atoms. The molecule has 4 nitrogen and oxygen atoms in total. The molecule has 88 valence electrons. The van der Waals surface area contributed by atoms with Crippen LogP contribution in [0.15, 0.2) is 18.2 Å². The zero-order valence-corrected chi connectivity index (χ0v) is 10.0. The molecule has 0 heterocycles. The van der Waals surface area contributed by atoms with Crippen molar-refractivity contribution in [2.45, 2.75) is 19.9 Å². The van der Waals surface area contributed by atoms with Crippen molar-refractivity contribution in [2.24, 2.45) is 0 Å². The van der Waals surface area contributed by atoms with Gasteiger partial charge < -0.3 is 15.7 Å². The SMILES string of the molecule is CC(C)NCC(=O)Nc1ccc(O)c(Cl)c1. The van der Waals surface area contributed by atoms with E-state index in [9.17, 15) is 9.90 Å². The molecule has 1 amide bonds. The lowest BCUT2D eigenvalue weighted by atomic mass is 10.3. The number of amides is 1. The molecule has 0 unspecified atom stereocenters. The lowest BCUT2D eigenvalue weighted by Crippen LogP contribution is -2.32. The second-order valence-corrected chi connectivity index (χ2v) is 4.16. The van der Waals surface area contributed by atoms with Crippen molar-refractivity contribution in [3.05, 3.63) is 23.2 Å². The number of rotatable bonds is 4. The number of anilines is 1. The first-order valence-corrected chi connectivity index (χ1v) is 5.38. The fourth-order valence-electron chi connectivity index (χ4n) is 1.09. The fraction of sp³-hybridized carbons (Fsp3) is 0.364. The lowest BCUT2D eigenvalue weighted by Gasteiger charge is -2.09. The third-order valence-corrected chi connectivity index (χ3v) is 2.21. The third-order valence-electron chi connectivity index (χ3n) is 1.90. The summed E-state index contributed by atoms with van der Waals surface area (Å²) >= 11 is 5.71. The minimum absolute atomic E-state index is 0.0000268. The van der Waals surface area contributed by atoms with Gasteiger partial charge in [-0.3, -0.25) is 4.79 Å². The van der Waals surface area contributed by atoms with E-state index in [0.717, 1.165) is 0 Å². The molecule has 0 bridgehead atoms. The van der Waals surface area contributed by atoms with E-state index in [1.165, 1.54) is 12.1 Å². The molecule has 1 aromatic rings. The van der Waals surface area contributed by atoms with E-state index >= 15 is 0 Å². The number of nitrogens with one attached hydrogen (secondary N) is 2. The fourth-order valence-corrected chi connectivity index (χ4v) is 1.27. The standard InChI is InChI=1S/C11H15ClN2O2/c1-7(2)13-6-11(16)14-8-3-4-10(15)9(12)5-8/h3-5,7,13,15H,6H2,1-2H3,(H,14,16). The van der Waals surface area contributed by atoms with Crippen LogP contribution in [0.1, 0.15) is 13.8 Å². The first-order chi connectivity index (χ1) is 7.49. The van der Waals surface area contributed by atoms with Crippen LogP contribution in [0.25, 0.3) is 0 Å². The molecule has 3 N–H and O–H groups in total. The third kappa shape index (κ3) is 4.08. The Balaban J connectivity index is 2.53. The van der Waals surface area contributed by atoms with Crippen molar-refractivity contribution in [3.8, 4) is 5.75 Å². The molecule has 0 aliphatic heterocycles. The van der Waals surface area contributed by atoms with E-state index in [2.05, 4.69) is 10.6 Å². The molecule has 0 aromatic heterocycles. The average molecular weight is 243 g/mol. The van der Waals surface area contributed by atoms with E-state index in [0.29, 0.717) is 5.69 Å². The number of phenols is 1. The monoisotopic (exact) mass is 242 g/mol. The van der Waals surface area contributed by atoms with Crippen LogP contribution < -0.4 is 10.6 Å². The quantitative estimate of drug-likeness (QED) is 0.708. The molecule has 0 aliphatic carbocycles. The summed E-state index contributed by atoms with van der Waals surface area (Å²) in [5.74, 6) is -0.143. The number of aromatic hydroxyl groups is 1. The van der Waals surface area contributed by atoms with Gasteiger partial charge in [-0.25, -0.2) is 0 Å². The zero-order valence-electron chi connectivity index (χ0n) is 9.25. The molecule has 0 atom stereocenters. The first kappa shape index (κ1) is 12.8. The molecule has 0 saturated heterocycles. The number of hydrogen-bond acceptors (Lipinski definition) is 3. The Morgan fingerprint density at radius 1 is 1.50 bits per heavy atom. The number of hydrogen-bond donors (Lipinski definition) is 3. The number of phenolic OH excluding ortho intramolecular Hbond substituents is 1. The van der Waals surface area contributed by atoms with Crippen LogP contribution in [0.3, 0.4) is 0 Å². The lowest BCUT2D eigenvalue weighted by molar-refractivity contribution is -0.115. The Bertz CT molecular complexity index is 380. The minimum atomic E-state index is -0.143. The highest BCUT2D eigenvalue weighted by molar-refractivity contribution is 6.32. The molecule has 0 saturated carbocycles. The maximum atomic E-state index is 11.4. The Hall–Kier alpha value is -1.26. The maximum absolute atomic E-state index is 11.4. The summed E-state index contributed by atoms with van der Waals surface area (Å²) in [6.07, 6.45) is 0. The molecule has 0 aliphatic rings. The van der Waals surface area contributed by atoms with Crippen LogP contribution in [-0.2, 0) is 4.79 Å². The van der Waals surface area contributed by atoms with Gasteiger partial charge >= 0.3 is 0 Å². The summed E-state index contributed by atoms with van der Waals surface area (Å²) in [5.41, 5.74) is 0.568. The Kier molecular flexibility index (Phi) is 4.58. The summed E-state index contributed by atoms with van der Waals surface area (Å²) in [7, 11) is 0. The topological polar surface area (TPSA) is 61.4 Å². The highest BCUT2D eigenvalue weighted by atomic mass is 35.5. The Morgan fingerprint density at radius 3 is 2.75 bits per heavy atom. The van der Waals surface area contributed by atoms with E-state index in [1.54, 1.807) is 6.07 Å². The van der Waals surface area contributed by atoms with Crippen molar-refractivity contribution in [1.29, 1.82) is 0 Å². The molecule has 5 heteroatoms. The zero-order chi connectivity index (χ0) is 12.1. The van der Waals surface area contributed by atoms with Gasteiger partial charge in [-0.05, 0) is 18.2 Å². The van der Waals surface area contributed by atoms with Crippen molar-refractivity contribution < 1.29 is 9.90 Å². The van der Waals surface area contributed by atoms with Crippen LogP contribution >= 0.6 is 11.6 Å². The van der Waals surface area contributed by atoms with E-state index < -0.39 is 0 Å². The molecular weight excluding hydrogens is 228 g/mol. The van der Waals surface area contributed by atoms with Gasteiger partial charge in [-0.1, -0.05) is 25.4 Å². The first-order valence-electron chi connectivity index (χ1n) is 5.01. The summed E-state index contributed by atoms with van der Waals surface area (Å²) in [4.78, 5) is 11.4. The Labute approximate surface area is 99.6 Å². The van der Waals surface area contributed by atoms with Crippen LogP contribution in [0.5, 0.6) is 5.75 Å². The van der Waals surface area contributed by atoms with Gasteiger partial charge in [0.05, 0.1) is 11.6 Å². The normalized spacial score (nSPS) is 10.5. The van der Waals surface area contributed by atoms with Gasteiger partial charge in [0.1, 0.15) is 5.75 Å². The van der Waals surface area contributed by atoms with E-state index in [-0.39, 0.29) is 29.3 Å². The van der Waals surface area contributed by atoms with E-state index in [1.807, 2.05) is 13.8 Å². The predicted molar refractivity (Wildman–Crippen MR) is 64.9 cm³/mol. The van der Waals surface area contributed by atoms with Crippen molar-refractivity contribution in [2.75, 3.05) is 11.9 Å². The van der Waals surface area contributed by atoms with Gasteiger partial charge in [0.2, 0.25) is 5.91 Å². The van der Waals surface area contributed by atoms with E-state index in [4.69, 9.17) is 11.6 Å². The van der Waals surface area contributed by atoms with Gasteiger partial charge in [-0.2, -0.15) is 0 Å². The molecule has 1 aromatic carbocycles. The maximum Gasteiger partial charge on any atom is 0.238 e. The molecule has 0 spiro atoms. The summed E-state index contributed by atoms with van der Waals surface area (Å²) in [6, 6.07) is 4.79. The highest BCUT2D eigenvalue weighted by Gasteiger charge is 2.05. The van der Waals surface area contributed by atoms with Crippen LogP contribution in [0.2, 0.25) is 5.02 Å². The highest BCUT2D eigenvalue weighted by Crippen LogP contribution is 2.25. The smallest absolute Gasteiger partial charge is 0.238 e. The molecular formula is C11H15ClN2O2. The van der Waals surface area contributed by atoms with Gasteiger partial charge in [0.25, 0.3) is 0 Å². The number of halogens is 1. The molecule has 0 radical (unpaired) electrons. The number of benzene rings is 1. The van der Waals surface area contributed by atoms with Crippen molar-refractivity contribution in [3.63, 3.8) is 0 Å². The van der Waals surface area contributed by atoms with Gasteiger partial charge in [-0.15, -0.1) is 0 Å². The summed E-state index contributed by atoms with van der Waals surface area (Å²) in [6.45, 7) is 4.17. The summed E-state index contributed by atoms with van der Waals surface area (Å²) < 4.78 is 0. The van der Waals surface area contributed by atoms with Crippen LogP contribution in [0.4, 0.5) is 5.69 Å². The number of carbonyl (C=O) groups is 1. The largest absolute Gasteiger partial charge is 0.506 e. The van der Waals surface area contributed by atoms with Gasteiger partial charge in [0.15, 0.2) is 0 Å². The molecule has 1 rings (SSSR count). The molecule has 0 fully saturated rings. The second kappa shape index (κ2) is 5.72. The van der Waals surface area contributed by atoms with Crippen molar-refractivity contribution >= 4 is 23.2 Å². The Morgan fingerprint density at radius 2 is 2.19 bits per heavy atom.